The van der Waals surface area contributed by atoms with Crippen LogP contribution in [0.1, 0.15) is 45.4 Å². The second-order valence-electron chi connectivity index (χ2n) is 5.84. The zero-order valence-corrected chi connectivity index (χ0v) is 11.5. The number of carboxylic acid groups (broad SMARTS) is 1. The van der Waals surface area contributed by atoms with E-state index in [4.69, 9.17) is 0 Å². The first-order valence-corrected chi connectivity index (χ1v) is 7.27. The average Bonchev–Trinajstić information content (AvgIpc) is 2.92. The molecule has 2 aliphatic carbocycles. The summed E-state index contributed by atoms with van der Waals surface area (Å²) in [6.45, 7) is 2.04. The maximum atomic E-state index is 12.3. The molecule has 0 aromatic rings. The summed E-state index contributed by atoms with van der Waals surface area (Å²) in [6, 6.07) is 0.162. The molecule has 2 N–H and O–H groups in total. The largest absolute Gasteiger partial charge is 0.481 e. The van der Waals surface area contributed by atoms with Crippen LogP contribution < -0.4 is 5.32 Å². The monoisotopic (exact) mass is 265 g/mol. The van der Waals surface area contributed by atoms with Crippen molar-refractivity contribution in [2.24, 2.45) is 17.8 Å². The second kappa shape index (κ2) is 6.22. The molecule has 0 radical (unpaired) electrons. The molecule has 0 aromatic heterocycles. The van der Waals surface area contributed by atoms with Gasteiger partial charge in [0.25, 0.3) is 0 Å². The summed E-state index contributed by atoms with van der Waals surface area (Å²) in [7, 11) is 0. The lowest BCUT2D eigenvalue weighted by molar-refractivity contribution is -0.147. The number of carbonyl (C=O) groups is 2. The van der Waals surface area contributed by atoms with Gasteiger partial charge < -0.3 is 10.4 Å². The lowest BCUT2D eigenvalue weighted by Crippen LogP contribution is -2.44. The third-order valence-corrected chi connectivity index (χ3v) is 4.56. The second-order valence-corrected chi connectivity index (χ2v) is 5.84. The average molecular weight is 265 g/mol. The van der Waals surface area contributed by atoms with Gasteiger partial charge in [-0.2, -0.15) is 0 Å². The van der Waals surface area contributed by atoms with E-state index in [2.05, 4.69) is 5.32 Å². The van der Waals surface area contributed by atoms with Crippen molar-refractivity contribution in [1.29, 1.82) is 0 Å². The molecule has 3 atom stereocenters. The van der Waals surface area contributed by atoms with Crippen molar-refractivity contribution in [3.8, 4) is 0 Å². The molecule has 0 bridgehead atoms. The van der Waals surface area contributed by atoms with Crippen molar-refractivity contribution in [2.75, 3.05) is 0 Å². The number of rotatable bonds is 4. The molecule has 2 aliphatic rings. The Morgan fingerprint density at radius 3 is 2.32 bits per heavy atom. The summed E-state index contributed by atoms with van der Waals surface area (Å²) < 4.78 is 0. The van der Waals surface area contributed by atoms with E-state index in [9.17, 15) is 14.7 Å². The van der Waals surface area contributed by atoms with Crippen molar-refractivity contribution < 1.29 is 14.7 Å². The van der Waals surface area contributed by atoms with Crippen molar-refractivity contribution in [3.63, 3.8) is 0 Å². The van der Waals surface area contributed by atoms with Crippen molar-refractivity contribution in [3.05, 3.63) is 12.2 Å². The number of aliphatic carboxylic acids is 1. The van der Waals surface area contributed by atoms with E-state index in [1.54, 1.807) is 0 Å². The Balaban J connectivity index is 1.94. The normalized spacial score (nSPS) is 29.1. The minimum absolute atomic E-state index is 0.0869. The third kappa shape index (κ3) is 3.37. The Labute approximate surface area is 114 Å². The summed E-state index contributed by atoms with van der Waals surface area (Å²) in [4.78, 5) is 23.5. The fourth-order valence-corrected chi connectivity index (χ4v) is 3.28. The standard InChI is InChI=1S/C15H23NO3/c1-10(11-6-2-3-7-11)16-14(17)12-8-4-5-9-13(12)15(18)19/h4-5,10-13H,2-3,6-9H2,1H3,(H,16,17)(H,18,19)/t10-,12?,13?/m1/s1. The molecule has 106 valence electrons. The van der Waals surface area contributed by atoms with E-state index >= 15 is 0 Å². The molecule has 4 heteroatoms. The molecule has 0 heterocycles. The van der Waals surface area contributed by atoms with Gasteiger partial charge in [0.15, 0.2) is 0 Å². The van der Waals surface area contributed by atoms with Gasteiger partial charge in [0.2, 0.25) is 5.91 Å². The molecule has 1 amide bonds. The van der Waals surface area contributed by atoms with E-state index < -0.39 is 17.8 Å². The lowest BCUT2D eigenvalue weighted by atomic mass is 9.82. The van der Waals surface area contributed by atoms with Crippen LogP contribution in [0.15, 0.2) is 12.2 Å². The maximum absolute atomic E-state index is 12.3. The number of carbonyl (C=O) groups excluding carboxylic acids is 1. The number of carboxylic acids is 1. The van der Waals surface area contributed by atoms with Crippen molar-refractivity contribution >= 4 is 11.9 Å². The third-order valence-electron chi connectivity index (χ3n) is 4.56. The molecular formula is C15H23NO3. The smallest absolute Gasteiger partial charge is 0.307 e. The molecule has 19 heavy (non-hydrogen) atoms. The number of allylic oxidation sites excluding steroid dienone is 2. The predicted molar refractivity (Wildman–Crippen MR) is 72.6 cm³/mol. The Morgan fingerprint density at radius 1 is 1.16 bits per heavy atom. The Hall–Kier alpha value is -1.32. The van der Waals surface area contributed by atoms with Gasteiger partial charge in [-0.25, -0.2) is 0 Å². The van der Waals surface area contributed by atoms with E-state index in [1.165, 1.54) is 25.7 Å². The molecule has 0 saturated heterocycles. The highest BCUT2D eigenvalue weighted by molar-refractivity contribution is 5.85. The van der Waals surface area contributed by atoms with Gasteiger partial charge in [0.05, 0.1) is 11.8 Å². The fourth-order valence-electron chi connectivity index (χ4n) is 3.28. The zero-order chi connectivity index (χ0) is 13.8. The van der Waals surface area contributed by atoms with E-state index in [0.717, 1.165) is 0 Å². The number of nitrogens with one attached hydrogen (secondary N) is 1. The SMILES string of the molecule is C[C@@H](NC(=O)C1CC=CCC1C(=O)O)C1CCCC1. The van der Waals surface area contributed by atoms with Gasteiger partial charge in [0.1, 0.15) is 0 Å². The van der Waals surface area contributed by atoms with Crippen LogP contribution in [0.25, 0.3) is 0 Å². The molecule has 2 unspecified atom stereocenters. The van der Waals surface area contributed by atoms with E-state index in [1.807, 2.05) is 19.1 Å². The first-order valence-electron chi connectivity index (χ1n) is 7.27. The molecule has 1 saturated carbocycles. The van der Waals surface area contributed by atoms with Gasteiger partial charge in [-0.3, -0.25) is 9.59 Å². The first-order chi connectivity index (χ1) is 9.09. The summed E-state index contributed by atoms with van der Waals surface area (Å²) >= 11 is 0. The Bertz CT molecular complexity index is 372. The molecule has 4 nitrogen and oxygen atoms in total. The Kier molecular flexibility index (Phi) is 4.61. The lowest BCUT2D eigenvalue weighted by Gasteiger charge is -2.27. The van der Waals surface area contributed by atoms with Crippen LogP contribution in [0.5, 0.6) is 0 Å². The van der Waals surface area contributed by atoms with E-state index in [-0.39, 0.29) is 11.9 Å². The summed E-state index contributed by atoms with van der Waals surface area (Å²) in [5, 5.41) is 12.2. The van der Waals surface area contributed by atoms with Gasteiger partial charge in [-0.15, -0.1) is 0 Å². The highest BCUT2D eigenvalue weighted by atomic mass is 16.4. The first kappa shape index (κ1) is 14.1. The maximum Gasteiger partial charge on any atom is 0.307 e. The number of hydrogen-bond donors (Lipinski definition) is 2. The predicted octanol–water partition coefficient (Wildman–Crippen LogP) is 2.35. The number of hydrogen-bond acceptors (Lipinski definition) is 2. The molecule has 0 aromatic carbocycles. The molecular weight excluding hydrogens is 242 g/mol. The van der Waals surface area contributed by atoms with Crippen LogP contribution in [0.2, 0.25) is 0 Å². The van der Waals surface area contributed by atoms with Crippen LogP contribution in [0, 0.1) is 17.8 Å². The number of amides is 1. The quantitative estimate of drug-likeness (QED) is 0.767. The highest BCUT2D eigenvalue weighted by Crippen LogP contribution is 2.29. The van der Waals surface area contributed by atoms with Crippen LogP contribution in [-0.4, -0.2) is 23.0 Å². The fraction of sp³-hybridized carbons (Fsp3) is 0.733. The van der Waals surface area contributed by atoms with Gasteiger partial charge in [-0.05, 0) is 38.5 Å². The summed E-state index contributed by atoms with van der Waals surface area (Å²) in [5.74, 6) is -1.37. The summed E-state index contributed by atoms with van der Waals surface area (Å²) in [6.07, 6.45) is 9.63. The Morgan fingerprint density at radius 2 is 1.74 bits per heavy atom. The molecule has 0 spiro atoms. The topological polar surface area (TPSA) is 66.4 Å². The van der Waals surface area contributed by atoms with Gasteiger partial charge in [0, 0.05) is 6.04 Å². The van der Waals surface area contributed by atoms with Crippen molar-refractivity contribution in [1.82, 2.24) is 5.32 Å². The van der Waals surface area contributed by atoms with Gasteiger partial charge >= 0.3 is 5.97 Å². The minimum atomic E-state index is -0.863. The van der Waals surface area contributed by atoms with Crippen LogP contribution >= 0.6 is 0 Å². The molecule has 1 fully saturated rings. The molecule has 0 aliphatic heterocycles. The van der Waals surface area contributed by atoms with Crippen LogP contribution in [-0.2, 0) is 9.59 Å². The van der Waals surface area contributed by atoms with Crippen LogP contribution in [0.4, 0.5) is 0 Å². The van der Waals surface area contributed by atoms with Gasteiger partial charge in [-0.1, -0.05) is 25.0 Å². The molecule has 2 rings (SSSR count). The summed E-state index contributed by atoms with van der Waals surface area (Å²) in [5.41, 5.74) is 0. The minimum Gasteiger partial charge on any atom is -0.481 e. The van der Waals surface area contributed by atoms with Crippen LogP contribution in [0.3, 0.4) is 0 Å². The van der Waals surface area contributed by atoms with Crippen molar-refractivity contribution in [2.45, 2.75) is 51.5 Å². The highest BCUT2D eigenvalue weighted by Gasteiger charge is 2.35. The zero-order valence-electron chi connectivity index (χ0n) is 11.5. The van der Waals surface area contributed by atoms with E-state index in [0.29, 0.717) is 18.8 Å².